The van der Waals surface area contributed by atoms with Crippen LogP contribution < -0.4 is 5.32 Å². The number of rotatable bonds is 9. The van der Waals surface area contributed by atoms with Crippen molar-refractivity contribution in [2.24, 2.45) is 5.92 Å². The van der Waals surface area contributed by atoms with E-state index in [9.17, 15) is 0 Å². The van der Waals surface area contributed by atoms with Crippen molar-refractivity contribution in [3.63, 3.8) is 0 Å². The SMILES string of the molecule is CCNC(CSc1cccc(Br)c1)C(C)CCOC. The summed E-state index contributed by atoms with van der Waals surface area (Å²) in [6, 6.07) is 9.02. The Morgan fingerprint density at radius 1 is 1.42 bits per heavy atom. The van der Waals surface area contributed by atoms with Gasteiger partial charge in [0.1, 0.15) is 0 Å². The van der Waals surface area contributed by atoms with Crippen molar-refractivity contribution in [1.29, 1.82) is 0 Å². The molecule has 0 aliphatic heterocycles. The van der Waals surface area contributed by atoms with E-state index in [-0.39, 0.29) is 0 Å². The number of halogens is 1. The number of methoxy groups -OCH3 is 1. The first-order valence-corrected chi connectivity index (χ1v) is 8.56. The zero-order valence-corrected chi connectivity index (χ0v) is 14.4. The van der Waals surface area contributed by atoms with Crippen LogP contribution in [0.5, 0.6) is 0 Å². The minimum absolute atomic E-state index is 0.532. The number of thioether (sulfide) groups is 1. The van der Waals surface area contributed by atoms with E-state index < -0.39 is 0 Å². The third-order valence-electron chi connectivity index (χ3n) is 3.16. The highest BCUT2D eigenvalue weighted by Gasteiger charge is 2.16. The molecule has 0 saturated heterocycles. The third-order valence-corrected chi connectivity index (χ3v) is 4.76. The molecular weight excluding hydrogens is 322 g/mol. The molecule has 0 fully saturated rings. The molecule has 0 aromatic heterocycles. The van der Waals surface area contributed by atoms with Crippen LogP contribution in [-0.2, 0) is 4.74 Å². The zero-order valence-electron chi connectivity index (χ0n) is 12.0. The molecule has 0 saturated carbocycles. The first kappa shape index (κ1) is 17.0. The number of hydrogen-bond acceptors (Lipinski definition) is 3. The molecule has 0 amide bonds. The van der Waals surface area contributed by atoms with E-state index in [1.807, 2.05) is 11.8 Å². The van der Waals surface area contributed by atoms with Gasteiger partial charge in [-0.1, -0.05) is 35.8 Å². The topological polar surface area (TPSA) is 21.3 Å². The van der Waals surface area contributed by atoms with Gasteiger partial charge in [-0.15, -0.1) is 11.8 Å². The van der Waals surface area contributed by atoms with Crippen LogP contribution in [0.15, 0.2) is 33.6 Å². The average molecular weight is 346 g/mol. The standard InChI is InChI=1S/C15H24BrNOS/c1-4-17-15(12(2)8-9-18-3)11-19-14-7-5-6-13(16)10-14/h5-7,10,12,15,17H,4,8-9,11H2,1-3H3. The summed E-state index contributed by atoms with van der Waals surface area (Å²) in [7, 11) is 1.77. The second-order valence-corrected chi connectivity index (χ2v) is 6.70. The second-order valence-electron chi connectivity index (χ2n) is 4.69. The molecule has 4 heteroatoms. The minimum Gasteiger partial charge on any atom is -0.385 e. The third kappa shape index (κ3) is 6.80. The molecule has 1 rings (SSSR count). The van der Waals surface area contributed by atoms with E-state index in [1.165, 1.54) is 4.90 Å². The van der Waals surface area contributed by atoms with E-state index >= 15 is 0 Å². The molecule has 1 N–H and O–H groups in total. The Balaban J connectivity index is 2.48. The normalized spacial score (nSPS) is 14.3. The molecule has 2 unspecified atom stereocenters. The molecule has 2 atom stereocenters. The second kappa shape index (κ2) is 9.81. The number of nitrogens with one attached hydrogen (secondary N) is 1. The van der Waals surface area contributed by atoms with Crippen molar-refractivity contribution >= 4 is 27.7 Å². The average Bonchev–Trinajstić information content (AvgIpc) is 2.41. The highest BCUT2D eigenvalue weighted by atomic mass is 79.9. The zero-order chi connectivity index (χ0) is 14.1. The van der Waals surface area contributed by atoms with E-state index in [2.05, 4.69) is 59.4 Å². The summed E-state index contributed by atoms with van der Waals surface area (Å²) < 4.78 is 6.32. The molecular formula is C15H24BrNOS. The molecule has 2 nitrogen and oxygen atoms in total. The Kier molecular flexibility index (Phi) is 8.79. The lowest BCUT2D eigenvalue weighted by atomic mass is 10.0. The molecule has 1 aromatic carbocycles. The van der Waals surface area contributed by atoms with Crippen LogP contribution in [0.2, 0.25) is 0 Å². The Morgan fingerprint density at radius 2 is 2.21 bits per heavy atom. The van der Waals surface area contributed by atoms with Crippen molar-refractivity contribution in [1.82, 2.24) is 5.32 Å². The van der Waals surface area contributed by atoms with E-state index in [0.29, 0.717) is 12.0 Å². The van der Waals surface area contributed by atoms with Gasteiger partial charge in [0, 0.05) is 34.9 Å². The Hall–Kier alpha value is -0.0300. The van der Waals surface area contributed by atoms with Crippen LogP contribution in [-0.4, -0.2) is 32.1 Å². The van der Waals surface area contributed by atoms with E-state index in [4.69, 9.17) is 4.74 Å². The van der Waals surface area contributed by atoms with Crippen LogP contribution >= 0.6 is 27.7 Å². The Morgan fingerprint density at radius 3 is 2.84 bits per heavy atom. The summed E-state index contributed by atoms with van der Waals surface area (Å²) in [5.41, 5.74) is 0. The van der Waals surface area contributed by atoms with Crippen LogP contribution in [0.4, 0.5) is 0 Å². The van der Waals surface area contributed by atoms with Crippen LogP contribution in [0, 0.1) is 5.92 Å². The smallest absolute Gasteiger partial charge is 0.0465 e. The number of benzene rings is 1. The highest BCUT2D eigenvalue weighted by molar-refractivity contribution is 9.10. The van der Waals surface area contributed by atoms with Gasteiger partial charge in [-0.3, -0.25) is 0 Å². The van der Waals surface area contributed by atoms with Gasteiger partial charge in [-0.2, -0.15) is 0 Å². The number of ether oxygens (including phenoxy) is 1. The summed E-state index contributed by atoms with van der Waals surface area (Å²) in [5, 5.41) is 3.59. The molecule has 0 spiro atoms. The van der Waals surface area contributed by atoms with E-state index in [0.717, 1.165) is 29.8 Å². The van der Waals surface area contributed by atoms with Gasteiger partial charge < -0.3 is 10.1 Å². The molecule has 0 bridgehead atoms. The molecule has 0 radical (unpaired) electrons. The summed E-state index contributed by atoms with van der Waals surface area (Å²) in [4.78, 5) is 1.32. The van der Waals surface area contributed by atoms with Gasteiger partial charge >= 0.3 is 0 Å². The molecule has 108 valence electrons. The summed E-state index contributed by atoms with van der Waals surface area (Å²) in [5.74, 6) is 1.72. The van der Waals surface area contributed by atoms with Gasteiger partial charge in [0.05, 0.1) is 0 Å². The molecule has 0 heterocycles. The van der Waals surface area contributed by atoms with E-state index in [1.54, 1.807) is 7.11 Å². The first-order valence-electron chi connectivity index (χ1n) is 6.78. The van der Waals surface area contributed by atoms with Gasteiger partial charge in [-0.25, -0.2) is 0 Å². The summed E-state index contributed by atoms with van der Waals surface area (Å²) in [6.07, 6.45) is 1.10. The highest BCUT2D eigenvalue weighted by Crippen LogP contribution is 2.24. The largest absolute Gasteiger partial charge is 0.385 e. The van der Waals surface area contributed by atoms with Crippen LogP contribution in [0.3, 0.4) is 0 Å². The minimum atomic E-state index is 0.532. The fraction of sp³-hybridized carbons (Fsp3) is 0.600. The predicted molar refractivity (Wildman–Crippen MR) is 88.0 cm³/mol. The lowest BCUT2D eigenvalue weighted by molar-refractivity contribution is 0.172. The fourth-order valence-electron chi connectivity index (χ4n) is 1.93. The van der Waals surface area contributed by atoms with Crippen molar-refractivity contribution in [2.45, 2.75) is 31.2 Å². The maximum Gasteiger partial charge on any atom is 0.0465 e. The molecule has 1 aromatic rings. The maximum atomic E-state index is 5.18. The first-order chi connectivity index (χ1) is 9.17. The van der Waals surface area contributed by atoms with Crippen molar-refractivity contribution in [2.75, 3.05) is 26.0 Å². The van der Waals surface area contributed by atoms with Gasteiger partial charge in [0.2, 0.25) is 0 Å². The Labute approximate surface area is 129 Å². The maximum absolute atomic E-state index is 5.18. The Bertz CT molecular complexity index is 362. The van der Waals surface area contributed by atoms with Crippen molar-refractivity contribution < 1.29 is 4.74 Å². The van der Waals surface area contributed by atoms with Gasteiger partial charge in [0.25, 0.3) is 0 Å². The number of hydrogen-bond donors (Lipinski definition) is 1. The lowest BCUT2D eigenvalue weighted by Crippen LogP contribution is -2.37. The molecule has 0 aliphatic rings. The monoisotopic (exact) mass is 345 g/mol. The van der Waals surface area contributed by atoms with Gasteiger partial charge in [0.15, 0.2) is 0 Å². The van der Waals surface area contributed by atoms with Crippen LogP contribution in [0.25, 0.3) is 0 Å². The predicted octanol–water partition coefficient (Wildman–Crippen LogP) is 4.19. The lowest BCUT2D eigenvalue weighted by Gasteiger charge is -2.24. The summed E-state index contributed by atoms with van der Waals surface area (Å²) >= 11 is 5.43. The quantitative estimate of drug-likeness (QED) is 0.678. The van der Waals surface area contributed by atoms with Crippen LogP contribution in [0.1, 0.15) is 20.3 Å². The van der Waals surface area contributed by atoms with Crippen molar-refractivity contribution in [3.05, 3.63) is 28.7 Å². The van der Waals surface area contributed by atoms with Gasteiger partial charge in [-0.05, 0) is 37.1 Å². The molecule has 0 aliphatic carbocycles. The summed E-state index contributed by atoms with van der Waals surface area (Å²) in [6.45, 7) is 6.32. The van der Waals surface area contributed by atoms with Crippen molar-refractivity contribution in [3.8, 4) is 0 Å². The fourth-order valence-corrected chi connectivity index (χ4v) is 3.69. The molecule has 19 heavy (non-hydrogen) atoms.